The van der Waals surface area contributed by atoms with E-state index in [0.717, 1.165) is 30.9 Å². The summed E-state index contributed by atoms with van der Waals surface area (Å²) in [6.07, 6.45) is -4.48. The van der Waals surface area contributed by atoms with Crippen LogP contribution in [-0.2, 0) is 6.18 Å². The second kappa shape index (κ2) is 8.32. The van der Waals surface area contributed by atoms with Gasteiger partial charge in [0.25, 0.3) is 5.91 Å². The summed E-state index contributed by atoms with van der Waals surface area (Å²) < 4.78 is 39.7. The molecule has 1 aliphatic heterocycles. The van der Waals surface area contributed by atoms with Gasteiger partial charge in [-0.3, -0.25) is 4.79 Å². The zero-order chi connectivity index (χ0) is 21.2. The third-order valence-corrected chi connectivity index (χ3v) is 5.06. The molecule has 8 heteroatoms. The van der Waals surface area contributed by atoms with Crippen LogP contribution in [0.25, 0.3) is 0 Å². The van der Waals surface area contributed by atoms with Crippen molar-refractivity contribution in [2.45, 2.75) is 6.18 Å². The Bertz CT molecular complexity index is 857. The number of piperazine rings is 1. The van der Waals surface area contributed by atoms with Crippen molar-refractivity contribution < 1.29 is 18.0 Å². The van der Waals surface area contributed by atoms with Crippen LogP contribution < -0.4 is 15.1 Å². The lowest BCUT2D eigenvalue weighted by molar-refractivity contribution is -0.137. The maximum absolute atomic E-state index is 13.2. The van der Waals surface area contributed by atoms with Crippen LogP contribution in [0.5, 0.6) is 0 Å². The Morgan fingerprint density at radius 3 is 2.17 bits per heavy atom. The predicted molar refractivity (Wildman–Crippen MR) is 110 cm³/mol. The van der Waals surface area contributed by atoms with Crippen LogP contribution in [0, 0.1) is 0 Å². The Morgan fingerprint density at radius 1 is 1.00 bits per heavy atom. The van der Waals surface area contributed by atoms with Crippen molar-refractivity contribution in [3.63, 3.8) is 0 Å². The minimum absolute atomic E-state index is 0.172. The SMILES string of the molecule is CN1CCN(c2ccc(C(F)(F)F)cc2NC(=O)c2ccc(N(C)C)cc2)CC1. The molecule has 2 aromatic rings. The number of alkyl halides is 3. The van der Waals surface area contributed by atoms with Crippen LogP contribution in [0.3, 0.4) is 0 Å². The predicted octanol–water partition coefficient (Wildman–Crippen LogP) is 3.78. The molecule has 3 rings (SSSR count). The third-order valence-electron chi connectivity index (χ3n) is 5.06. The molecule has 5 nitrogen and oxygen atoms in total. The van der Waals surface area contributed by atoms with Crippen LogP contribution in [0.4, 0.5) is 30.2 Å². The molecule has 1 aliphatic rings. The molecule has 1 fully saturated rings. The second-order valence-corrected chi connectivity index (χ2v) is 7.42. The van der Waals surface area contributed by atoms with Crippen LogP contribution in [-0.4, -0.2) is 58.1 Å². The normalized spacial score (nSPS) is 15.3. The first-order valence-electron chi connectivity index (χ1n) is 9.38. The minimum atomic E-state index is -4.48. The summed E-state index contributed by atoms with van der Waals surface area (Å²) in [7, 11) is 5.78. The highest BCUT2D eigenvalue weighted by atomic mass is 19.4. The van der Waals surface area contributed by atoms with E-state index in [2.05, 4.69) is 10.2 Å². The quantitative estimate of drug-likeness (QED) is 0.839. The van der Waals surface area contributed by atoms with Gasteiger partial charge in [0.05, 0.1) is 16.9 Å². The molecule has 0 unspecified atom stereocenters. The lowest BCUT2D eigenvalue weighted by atomic mass is 10.1. The van der Waals surface area contributed by atoms with Crippen LogP contribution in [0.1, 0.15) is 15.9 Å². The molecule has 0 aliphatic carbocycles. The second-order valence-electron chi connectivity index (χ2n) is 7.42. The van der Waals surface area contributed by atoms with Gasteiger partial charge in [0.2, 0.25) is 0 Å². The van der Waals surface area contributed by atoms with Crippen molar-refractivity contribution in [2.24, 2.45) is 0 Å². The Kier molecular flexibility index (Phi) is 6.02. The van der Waals surface area contributed by atoms with Crippen LogP contribution >= 0.6 is 0 Å². The van der Waals surface area contributed by atoms with Crippen molar-refractivity contribution in [1.82, 2.24) is 4.90 Å². The first-order valence-corrected chi connectivity index (χ1v) is 9.38. The minimum Gasteiger partial charge on any atom is -0.378 e. The first kappa shape index (κ1) is 21.0. The summed E-state index contributed by atoms with van der Waals surface area (Å²) >= 11 is 0. The van der Waals surface area contributed by atoms with Crippen LogP contribution in [0.15, 0.2) is 42.5 Å². The van der Waals surface area contributed by atoms with Crippen molar-refractivity contribution in [1.29, 1.82) is 0 Å². The number of amides is 1. The van der Waals surface area contributed by atoms with Crippen LogP contribution in [0.2, 0.25) is 0 Å². The Balaban J connectivity index is 1.89. The molecule has 0 saturated carbocycles. The standard InChI is InChI=1S/C21H25F3N4O/c1-26(2)17-7-4-15(5-8-17)20(29)25-18-14-16(21(22,23)24)6-9-19(18)28-12-10-27(3)11-13-28/h4-9,14H,10-13H2,1-3H3,(H,25,29). The Hall–Kier alpha value is -2.74. The molecule has 1 amide bonds. The van der Waals surface area contributed by atoms with Crippen molar-refractivity contribution in [3.8, 4) is 0 Å². The largest absolute Gasteiger partial charge is 0.416 e. The number of likely N-dealkylation sites (N-methyl/N-ethyl adjacent to an activating group) is 1. The fourth-order valence-corrected chi connectivity index (χ4v) is 3.24. The van der Waals surface area contributed by atoms with Gasteiger partial charge >= 0.3 is 6.18 Å². The number of nitrogens with zero attached hydrogens (tertiary/aromatic N) is 3. The Morgan fingerprint density at radius 2 is 1.62 bits per heavy atom. The van der Waals surface area contributed by atoms with Crippen molar-refractivity contribution in [3.05, 3.63) is 53.6 Å². The fourth-order valence-electron chi connectivity index (χ4n) is 3.24. The Labute approximate surface area is 168 Å². The van der Waals surface area contributed by atoms with E-state index in [9.17, 15) is 18.0 Å². The van der Waals surface area contributed by atoms with E-state index < -0.39 is 17.6 Å². The van der Waals surface area contributed by atoms with Crippen molar-refractivity contribution in [2.75, 3.05) is 62.4 Å². The number of carbonyl (C=O) groups excluding carboxylic acids is 1. The van der Waals surface area contributed by atoms with E-state index in [1.807, 2.05) is 30.9 Å². The molecular weight excluding hydrogens is 381 g/mol. The van der Waals surface area contributed by atoms with Gasteiger partial charge in [0, 0.05) is 51.5 Å². The maximum Gasteiger partial charge on any atom is 0.416 e. The van der Waals surface area contributed by atoms with E-state index in [4.69, 9.17) is 0 Å². The molecule has 0 atom stereocenters. The number of hydrogen-bond acceptors (Lipinski definition) is 4. The molecule has 29 heavy (non-hydrogen) atoms. The molecule has 1 heterocycles. The zero-order valence-electron chi connectivity index (χ0n) is 16.8. The molecular formula is C21H25F3N4O. The van der Waals surface area contributed by atoms with E-state index in [1.165, 1.54) is 6.07 Å². The highest BCUT2D eigenvalue weighted by Gasteiger charge is 2.32. The van der Waals surface area contributed by atoms with Gasteiger partial charge in [-0.1, -0.05) is 0 Å². The molecule has 2 aromatic carbocycles. The summed E-state index contributed by atoms with van der Waals surface area (Å²) in [6.45, 7) is 2.98. The van der Waals surface area contributed by atoms with Gasteiger partial charge in [-0.2, -0.15) is 13.2 Å². The summed E-state index contributed by atoms with van der Waals surface area (Å²) in [4.78, 5) is 18.8. The summed E-state index contributed by atoms with van der Waals surface area (Å²) in [6, 6.07) is 10.4. The third kappa shape index (κ3) is 5.00. The molecule has 1 saturated heterocycles. The highest BCUT2D eigenvalue weighted by molar-refractivity contribution is 6.06. The van der Waals surface area contributed by atoms with Gasteiger partial charge in [0.15, 0.2) is 0 Å². The molecule has 1 N–H and O–H groups in total. The average Bonchev–Trinajstić information content (AvgIpc) is 2.68. The molecule has 0 radical (unpaired) electrons. The number of anilines is 3. The number of nitrogens with one attached hydrogen (secondary N) is 1. The molecule has 0 aromatic heterocycles. The molecule has 0 spiro atoms. The van der Waals surface area contributed by atoms with Gasteiger partial charge in [-0.05, 0) is 49.5 Å². The fraction of sp³-hybridized carbons (Fsp3) is 0.381. The van der Waals surface area contributed by atoms with E-state index in [1.54, 1.807) is 24.3 Å². The monoisotopic (exact) mass is 406 g/mol. The van der Waals surface area contributed by atoms with Crippen molar-refractivity contribution >= 4 is 23.0 Å². The summed E-state index contributed by atoms with van der Waals surface area (Å²) in [5.74, 6) is -0.440. The van der Waals surface area contributed by atoms with Gasteiger partial charge in [-0.15, -0.1) is 0 Å². The smallest absolute Gasteiger partial charge is 0.378 e. The highest BCUT2D eigenvalue weighted by Crippen LogP contribution is 2.36. The van der Waals surface area contributed by atoms with Gasteiger partial charge in [0.1, 0.15) is 0 Å². The topological polar surface area (TPSA) is 38.8 Å². The summed E-state index contributed by atoms with van der Waals surface area (Å²) in [5.41, 5.74) is 1.31. The maximum atomic E-state index is 13.2. The van der Waals surface area contributed by atoms with E-state index in [0.29, 0.717) is 24.3 Å². The number of halogens is 3. The van der Waals surface area contributed by atoms with Gasteiger partial charge < -0.3 is 20.0 Å². The molecule has 156 valence electrons. The summed E-state index contributed by atoms with van der Waals surface area (Å²) in [5, 5.41) is 2.69. The first-order chi connectivity index (χ1) is 13.6. The van der Waals surface area contributed by atoms with E-state index in [-0.39, 0.29) is 5.69 Å². The number of benzene rings is 2. The lowest BCUT2D eigenvalue weighted by Crippen LogP contribution is -2.44. The number of hydrogen-bond donors (Lipinski definition) is 1. The number of carbonyl (C=O) groups is 1. The zero-order valence-corrected chi connectivity index (χ0v) is 16.8. The van der Waals surface area contributed by atoms with Gasteiger partial charge in [-0.25, -0.2) is 0 Å². The number of rotatable bonds is 4. The lowest BCUT2D eigenvalue weighted by Gasteiger charge is -2.35. The molecule has 0 bridgehead atoms. The average molecular weight is 406 g/mol. The van der Waals surface area contributed by atoms with E-state index >= 15 is 0 Å².